The molecule has 7 heteroatoms. The molecule has 0 aliphatic carbocycles. The number of nitrogens with one attached hydrogen (secondary N) is 1. The van der Waals surface area contributed by atoms with Crippen LogP contribution >= 0.6 is 11.6 Å². The maximum Gasteiger partial charge on any atom is 0.282 e. The molecule has 0 saturated heterocycles. The minimum atomic E-state index is -0.799. The van der Waals surface area contributed by atoms with Crippen LogP contribution in [0.1, 0.15) is 15.9 Å². The smallest absolute Gasteiger partial charge is 0.282 e. The van der Waals surface area contributed by atoms with Crippen molar-refractivity contribution in [3.05, 3.63) is 68.5 Å². The average Bonchev–Trinajstić information content (AvgIpc) is 2.41. The number of anilines is 1. The number of aryl methyl sites for hydroxylation is 1. The molecule has 0 fully saturated rings. The number of nitro groups is 1. The summed E-state index contributed by atoms with van der Waals surface area (Å²) in [6.45, 7) is 1.70. The number of carbonyl (C=O) groups excluding carboxylic acids is 1. The van der Waals surface area contributed by atoms with E-state index in [0.29, 0.717) is 5.56 Å². The minimum absolute atomic E-state index is 0.0557. The van der Waals surface area contributed by atoms with Crippen molar-refractivity contribution in [1.29, 1.82) is 0 Å². The van der Waals surface area contributed by atoms with Gasteiger partial charge in [0.25, 0.3) is 11.6 Å². The molecule has 1 amide bonds. The van der Waals surface area contributed by atoms with Crippen molar-refractivity contribution in [2.75, 3.05) is 5.32 Å². The molecule has 2 aromatic carbocycles. The first kappa shape index (κ1) is 14.9. The van der Waals surface area contributed by atoms with Gasteiger partial charge in [-0.25, -0.2) is 4.39 Å². The second kappa shape index (κ2) is 5.88. The van der Waals surface area contributed by atoms with Gasteiger partial charge < -0.3 is 5.32 Å². The SMILES string of the molecule is Cc1ccc(NC(=O)c2cc(Cl)ccc2[N+](=O)[O-])c(F)c1. The molecule has 0 aliphatic rings. The number of amides is 1. The van der Waals surface area contributed by atoms with Crippen molar-refractivity contribution in [2.24, 2.45) is 0 Å². The zero-order valence-electron chi connectivity index (χ0n) is 10.9. The molecular formula is C14H10ClFN2O3. The van der Waals surface area contributed by atoms with Gasteiger partial charge in [0.1, 0.15) is 11.4 Å². The Hall–Kier alpha value is -2.47. The monoisotopic (exact) mass is 308 g/mol. The minimum Gasteiger partial charge on any atom is -0.319 e. The largest absolute Gasteiger partial charge is 0.319 e. The molecule has 2 aromatic rings. The van der Waals surface area contributed by atoms with Gasteiger partial charge >= 0.3 is 0 Å². The quantitative estimate of drug-likeness (QED) is 0.689. The lowest BCUT2D eigenvalue weighted by atomic mass is 10.1. The third-order valence-electron chi connectivity index (χ3n) is 2.77. The Balaban J connectivity index is 2.36. The highest BCUT2D eigenvalue weighted by Crippen LogP contribution is 2.24. The van der Waals surface area contributed by atoms with Crippen molar-refractivity contribution < 1.29 is 14.1 Å². The fourth-order valence-corrected chi connectivity index (χ4v) is 1.93. The Bertz CT molecular complexity index is 734. The van der Waals surface area contributed by atoms with Gasteiger partial charge in [-0.2, -0.15) is 0 Å². The molecule has 2 rings (SSSR count). The highest BCUT2D eigenvalue weighted by atomic mass is 35.5. The van der Waals surface area contributed by atoms with Crippen LogP contribution in [0.15, 0.2) is 36.4 Å². The van der Waals surface area contributed by atoms with Crippen LogP contribution in [0.3, 0.4) is 0 Å². The van der Waals surface area contributed by atoms with Gasteiger partial charge in [0.05, 0.1) is 10.6 Å². The van der Waals surface area contributed by atoms with Crippen molar-refractivity contribution in [3.8, 4) is 0 Å². The number of rotatable bonds is 3. The fraction of sp³-hybridized carbons (Fsp3) is 0.0714. The molecule has 5 nitrogen and oxygen atoms in total. The average molecular weight is 309 g/mol. The predicted octanol–water partition coefficient (Wildman–Crippen LogP) is 3.95. The molecule has 0 aliphatic heterocycles. The Morgan fingerprint density at radius 3 is 2.62 bits per heavy atom. The molecule has 0 radical (unpaired) electrons. The molecule has 108 valence electrons. The highest BCUT2D eigenvalue weighted by molar-refractivity contribution is 6.31. The van der Waals surface area contributed by atoms with Gasteiger partial charge in [-0.15, -0.1) is 0 Å². The zero-order chi connectivity index (χ0) is 15.6. The lowest BCUT2D eigenvalue weighted by Crippen LogP contribution is -2.15. The Morgan fingerprint density at radius 2 is 2.00 bits per heavy atom. The third-order valence-corrected chi connectivity index (χ3v) is 3.01. The number of carbonyl (C=O) groups is 1. The summed E-state index contributed by atoms with van der Waals surface area (Å²) < 4.78 is 13.7. The van der Waals surface area contributed by atoms with Gasteiger partial charge in [0.15, 0.2) is 0 Å². The van der Waals surface area contributed by atoms with E-state index < -0.39 is 22.3 Å². The summed E-state index contributed by atoms with van der Waals surface area (Å²) in [6.07, 6.45) is 0. The van der Waals surface area contributed by atoms with E-state index >= 15 is 0 Å². The number of hydrogen-bond donors (Lipinski definition) is 1. The molecule has 0 spiro atoms. The van der Waals surface area contributed by atoms with Crippen LogP contribution < -0.4 is 5.32 Å². The summed E-state index contributed by atoms with van der Waals surface area (Å²) in [4.78, 5) is 22.3. The Morgan fingerprint density at radius 1 is 1.29 bits per heavy atom. The summed E-state index contributed by atoms with van der Waals surface area (Å²) in [5.41, 5.74) is 0.0102. The lowest BCUT2D eigenvalue weighted by Gasteiger charge is -2.08. The normalized spacial score (nSPS) is 10.2. The highest BCUT2D eigenvalue weighted by Gasteiger charge is 2.21. The molecule has 0 heterocycles. The van der Waals surface area contributed by atoms with Gasteiger partial charge in [0, 0.05) is 11.1 Å². The number of halogens is 2. The number of nitro benzene ring substituents is 1. The number of benzene rings is 2. The molecule has 0 atom stereocenters. The molecule has 21 heavy (non-hydrogen) atoms. The summed E-state index contributed by atoms with van der Waals surface area (Å²) >= 11 is 5.74. The zero-order valence-corrected chi connectivity index (χ0v) is 11.6. The van der Waals surface area contributed by atoms with Crippen molar-refractivity contribution in [1.82, 2.24) is 0 Å². The van der Waals surface area contributed by atoms with Crippen LogP contribution in [0.5, 0.6) is 0 Å². The summed E-state index contributed by atoms with van der Waals surface area (Å²) in [5, 5.41) is 13.4. The van der Waals surface area contributed by atoms with E-state index in [2.05, 4.69) is 5.32 Å². The van der Waals surface area contributed by atoms with E-state index in [1.165, 1.54) is 24.3 Å². The molecular weight excluding hydrogens is 299 g/mol. The van der Waals surface area contributed by atoms with Crippen molar-refractivity contribution in [3.63, 3.8) is 0 Å². The topological polar surface area (TPSA) is 72.2 Å². The number of nitrogens with zero attached hydrogens (tertiary/aromatic N) is 1. The Labute approximate surface area is 124 Å². The number of hydrogen-bond acceptors (Lipinski definition) is 3. The first-order valence-corrected chi connectivity index (χ1v) is 6.27. The van der Waals surface area contributed by atoms with Gasteiger partial charge in [0.2, 0.25) is 0 Å². The van der Waals surface area contributed by atoms with E-state index in [0.717, 1.165) is 6.07 Å². The van der Waals surface area contributed by atoms with Crippen LogP contribution in [0, 0.1) is 22.9 Å². The van der Waals surface area contributed by atoms with Gasteiger partial charge in [-0.1, -0.05) is 17.7 Å². The van der Waals surface area contributed by atoms with Crippen molar-refractivity contribution in [2.45, 2.75) is 6.92 Å². The first-order valence-electron chi connectivity index (χ1n) is 5.90. The molecule has 0 aromatic heterocycles. The van der Waals surface area contributed by atoms with E-state index in [9.17, 15) is 19.3 Å². The van der Waals surface area contributed by atoms with Gasteiger partial charge in [-0.05, 0) is 36.8 Å². The maximum atomic E-state index is 13.7. The van der Waals surface area contributed by atoms with Crippen molar-refractivity contribution >= 4 is 28.9 Å². The first-order chi connectivity index (χ1) is 9.88. The fourth-order valence-electron chi connectivity index (χ4n) is 1.76. The second-order valence-corrected chi connectivity index (χ2v) is 4.79. The predicted molar refractivity (Wildman–Crippen MR) is 77.2 cm³/mol. The van der Waals surface area contributed by atoms with E-state index in [1.807, 2.05) is 0 Å². The van der Waals surface area contributed by atoms with Gasteiger partial charge in [-0.3, -0.25) is 14.9 Å². The van der Waals surface area contributed by atoms with Crippen LogP contribution in [-0.2, 0) is 0 Å². The molecule has 0 unspecified atom stereocenters. The van der Waals surface area contributed by atoms with Crippen LogP contribution in [-0.4, -0.2) is 10.8 Å². The van der Waals surface area contributed by atoms with E-state index in [1.54, 1.807) is 13.0 Å². The van der Waals surface area contributed by atoms with Crippen LogP contribution in [0.2, 0.25) is 5.02 Å². The third kappa shape index (κ3) is 3.35. The summed E-state index contributed by atoms with van der Waals surface area (Å²) in [5.74, 6) is -1.42. The molecule has 0 bridgehead atoms. The summed E-state index contributed by atoms with van der Waals surface area (Å²) in [7, 11) is 0. The molecule has 0 saturated carbocycles. The summed E-state index contributed by atoms with van der Waals surface area (Å²) in [6, 6.07) is 7.86. The molecule has 1 N–H and O–H groups in total. The maximum absolute atomic E-state index is 13.7. The van der Waals surface area contributed by atoms with Crippen LogP contribution in [0.4, 0.5) is 15.8 Å². The second-order valence-electron chi connectivity index (χ2n) is 4.36. The van der Waals surface area contributed by atoms with E-state index in [-0.39, 0.29) is 16.3 Å². The standard InChI is InChI=1S/C14H10ClFN2O3/c1-8-2-4-12(11(16)6-8)17-14(19)10-7-9(15)3-5-13(10)18(20)21/h2-7H,1H3,(H,17,19). The Kier molecular flexibility index (Phi) is 4.18. The van der Waals surface area contributed by atoms with E-state index in [4.69, 9.17) is 11.6 Å². The van der Waals surface area contributed by atoms with Crippen LogP contribution in [0.25, 0.3) is 0 Å². The lowest BCUT2D eigenvalue weighted by molar-refractivity contribution is -0.385.